The summed E-state index contributed by atoms with van der Waals surface area (Å²) in [5, 5.41) is 8.96. The Kier molecular flexibility index (Phi) is 14.6. The molecule has 0 N–H and O–H groups in total. The Morgan fingerprint density at radius 1 is 0.694 bits per heavy atom. The van der Waals surface area contributed by atoms with Crippen molar-refractivity contribution < 1.29 is 14.3 Å². The highest BCUT2D eigenvalue weighted by Gasteiger charge is 2.11. The molecule has 0 fully saturated rings. The predicted molar refractivity (Wildman–Crippen MR) is 198 cm³/mol. The SMILES string of the molecule is [C-]#[N+]/C(=C\c1ccc(C#Cc2ccc(N(C)C)cc2)cc1)C(=O)OCCCCCCCCCCOc1ccc(-c2ccc(C#N)cc2)cc1. The molecule has 4 rings (SSSR count). The van der Waals surface area contributed by atoms with E-state index in [9.17, 15) is 4.79 Å². The number of carbonyl (C=O) groups is 1. The third-order valence-electron chi connectivity index (χ3n) is 8.02. The fourth-order valence-electron chi connectivity index (χ4n) is 5.12. The van der Waals surface area contributed by atoms with Gasteiger partial charge in [-0.05, 0) is 96.3 Å². The van der Waals surface area contributed by atoms with Crippen LogP contribution < -0.4 is 9.64 Å². The summed E-state index contributed by atoms with van der Waals surface area (Å²) in [5.41, 5.74) is 6.49. The van der Waals surface area contributed by atoms with Gasteiger partial charge in [-0.3, -0.25) is 4.79 Å². The lowest BCUT2D eigenvalue weighted by Crippen LogP contribution is -2.07. The van der Waals surface area contributed by atoms with Gasteiger partial charge in [0.05, 0.1) is 31.4 Å². The van der Waals surface area contributed by atoms with Crippen LogP contribution in [0.1, 0.15) is 73.6 Å². The van der Waals surface area contributed by atoms with Crippen LogP contribution in [0.25, 0.3) is 22.0 Å². The highest BCUT2D eigenvalue weighted by molar-refractivity contribution is 5.95. The summed E-state index contributed by atoms with van der Waals surface area (Å²) in [6.45, 7) is 8.47. The molecule has 6 nitrogen and oxygen atoms in total. The maximum atomic E-state index is 12.5. The smallest absolute Gasteiger partial charge is 0.336 e. The Labute approximate surface area is 291 Å². The maximum absolute atomic E-state index is 12.5. The Morgan fingerprint density at radius 3 is 1.71 bits per heavy atom. The number of esters is 1. The molecule has 0 amide bonds. The molecule has 0 bridgehead atoms. The van der Waals surface area contributed by atoms with Gasteiger partial charge < -0.3 is 14.4 Å². The number of carbonyl (C=O) groups excluding carboxylic acids is 1. The minimum atomic E-state index is -0.579. The number of ether oxygens (including phenoxy) is 2. The summed E-state index contributed by atoms with van der Waals surface area (Å²) in [6.07, 6.45) is 10.1. The van der Waals surface area contributed by atoms with Gasteiger partial charge in [0.15, 0.2) is 0 Å². The van der Waals surface area contributed by atoms with Crippen LogP contribution in [0.5, 0.6) is 5.75 Å². The van der Waals surface area contributed by atoms with Gasteiger partial charge in [-0.2, -0.15) is 5.26 Å². The standard InChI is InChI=1S/C43H43N3O3/c1-45-42(32-36-16-14-34(15-17-36)12-13-35-20-26-40(27-21-35)46(2)3)43(47)49-31-11-9-7-5-4-6-8-10-30-48-41-28-24-39(25-29-41)38-22-18-37(33-44)19-23-38/h14-29,32H,4-11,30-31H2,2-3H3/b42-32-. The molecule has 248 valence electrons. The second kappa shape index (κ2) is 19.8. The quantitative estimate of drug-likeness (QED) is 0.0398. The first-order valence-electron chi connectivity index (χ1n) is 16.8. The molecule has 0 saturated carbocycles. The van der Waals surface area contributed by atoms with Crippen molar-refractivity contribution >= 4 is 17.7 Å². The summed E-state index contributed by atoms with van der Waals surface area (Å²) in [7, 11) is 4.01. The molecule has 0 aliphatic rings. The van der Waals surface area contributed by atoms with E-state index in [0.717, 1.165) is 77.8 Å². The summed E-state index contributed by atoms with van der Waals surface area (Å²) < 4.78 is 11.3. The molecule has 0 atom stereocenters. The monoisotopic (exact) mass is 649 g/mol. The van der Waals surface area contributed by atoms with Gasteiger partial charge in [-0.15, -0.1) is 0 Å². The molecule has 0 radical (unpaired) electrons. The van der Waals surface area contributed by atoms with Crippen molar-refractivity contribution in [2.45, 2.75) is 51.4 Å². The number of hydrogen-bond donors (Lipinski definition) is 0. The Morgan fingerprint density at radius 2 is 1.18 bits per heavy atom. The van der Waals surface area contributed by atoms with E-state index in [0.29, 0.717) is 18.8 Å². The fourth-order valence-corrected chi connectivity index (χ4v) is 5.12. The zero-order valence-electron chi connectivity index (χ0n) is 28.5. The van der Waals surface area contributed by atoms with Gasteiger partial charge in [-0.1, -0.05) is 86.8 Å². The number of rotatable bonds is 16. The summed E-state index contributed by atoms with van der Waals surface area (Å²) >= 11 is 0. The Balaban J connectivity index is 1.04. The summed E-state index contributed by atoms with van der Waals surface area (Å²) in [6, 6.07) is 33.3. The predicted octanol–water partition coefficient (Wildman–Crippen LogP) is 9.69. The van der Waals surface area contributed by atoms with Gasteiger partial charge in [0, 0.05) is 30.9 Å². The van der Waals surface area contributed by atoms with Crippen LogP contribution in [0, 0.1) is 29.7 Å². The van der Waals surface area contributed by atoms with E-state index in [2.05, 4.69) is 22.8 Å². The van der Waals surface area contributed by atoms with Crippen LogP contribution in [0.3, 0.4) is 0 Å². The number of unbranched alkanes of at least 4 members (excludes halogenated alkanes) is 7. The van der Waals surface area contributed by atoms with Crippen molar-refractivity contribution in [3.05, 3.63) is 136 Å². The lowest BCUT2D eigenvalue weighted by atomic mass is 10.0. The zero-order chi connectivity index (χ0) is 34.7. The van der Waals surface area contributed by atoms with Gasteiger partial charge in [-0.25, -0.2) is 4.85 Å². The van der Waals surface area contributed by atoms with Crippen molar-refractivity contribution in [3.8, 4) is 34.8 Å². The van der Waals surface area contributed by atoms with E-state index >= 15 is 0 Å². The molecule has 0 heterocycles. The summed E-state index contributed by atoms with van der Waals surface area (Å²) in [4.78, 5) is 17.9. The number of anilines is 1. The lowest BCUT2D eigenvalue weighted by Gasteiger charge is -2.11. The molecule has 4 aromatic carbocycles. The average molecular weight is 650 g/mol. The van der Waals surface area contributed by atoms with Crippen LogP contribution in [-0.2, 0) is 9.53 Å². The molecule has 4 aromatic rings. The first kappa shape index (κ1) is 36.1. The Hall–Kier alpha value is -5.77. The van der Waals surface area contributed by atoms with E-state index in [1.807, 2.05) is 116 Å². The number of benzene rings is 4. The second-order valence-electron chi connectivity index (χ2n) is 12.0. The van der Waals surface area contributed by atoms with E-state index in [4.69, 9.17) is 21.3 Å². The zero-order valence-corrected chi connectivity index (χ0v) is 28.5. The van der Waals surface area contributed by atoms with Crippen molar-refractivity contribution in [3.63, 3.8) is 0 Å². The molecule has 0 aliphatic heterocycles. The third-order valence-corrected chi connectivity index (χ3v) is 8.02. The molecule has 6 heteroatoms. The highest BCUT2D eigenvalue weighted by Crippen LogP contribution is 2.23. The largest absolute Gasteiger partial charge is 0.494 e. The highest BCUT2D eigenvalue weighted by atomic mass is 16.5. The van der Waals surface area contributed by atoms with E-state index in [-0.39, 0.29) is 5.70 Å². The molecule has 0 aliphatic carbocycles. The maximum Gasteiger partial charge on any atom is 0.336 e. The van der Waals surface area contributed by atoms with Gasteiger partial charge in [0.25, 0.3) is 5.70 Å². The van der Waals surface area contributed by atoms with Crippen molar-refractivity contribution in [1.29, 1.82) is 5.26 Å². The lowest BCUT2D eigenvalue weighted by molar-refractivity contribution is -0.138. The topological polar surface area (TPSA) is 66.9 Å². The molecular weight excluding hydrogens is 606 g/mol. The van der Waals surface area contributed by atoms with Crippen molar-refractivity contribution in [1.82, 2.24) is 0 Å². The number of nitrogens with zero attached hydrogens (tertiary/aromatic N) is 3. The molecule has 0 unspecified atom stereocenters. The summed E-state index contributed by atoms with van der Waals surface area (Å²) in [5.74, 6) is 6.62. The van der Waals surface area contributed by atoms with E-state index in [1.54, 1.807) is 6.08 Å². The van der Waals surface area contributed by atoms with Crippen molar-refractivity contribution in [2.24, 2.45) is 0 Å². The van der Waals surface area contributed by atoms with Gasteiger partial charge in [0.1, 0.15) is 5.75 Å². The first-order chi connectivity index (χ1) is 23.9. The van der Waals surface area contributed by atoms with E-state index in [1.165, 1.54) is 12.8 Å². The normalized spacial score (nSPS) is 10.7. The van der Waals surface area contributed by atoms with Gasteiger partial charge in [0.2, 0.25) is 0 Å². The number of nitriles is 1. The van der Waals surface area contributed by atoms with Crippen LogP contribution in [0.15, 0.2) is 103 Å². The van der Waals surface area contributed by atoms with Crippen LogP contribution in [0.4, 0.5) is 5.69 Å². The Bertz CT molecular complexity index is 1800. The van der Waals surface area contributed by atoms with Gasteiger partial charge >= 0.3 is 5.97 Å². The fraction of sp³-hybridized carbons (Fsp3) is 0.279. The molecule has 0 aromatic heterocycles. The van der Waals surface area contributed by atoms with Crippen LogP contribution in [-0.4, -0.2) is 33.3 Å². The average Bonchev–Trinajstić information content (AvgIpc) is 3.14. The molecule has 0 spiro atoms. The third kappa shape index (κ3) is 12.4. The minimum absolute atomic E-state index is 0.0242. The van der Waals surface area contributed by atoms with Crippen LogP contribution in [0.2, 0.25) is 0 Å². The molecular formula is C43H43N3O3. The molecule has 0 saturated heterocycles. The van der Waals surface area contributed by atoms with E-state index < -0.39 is 5.97 Å². The second-order valence-corrected chi connectivity index (χ2v) is 12.0. The minimum Gasteiger partial charge on any atom is -0.494 e. The van der Waals surface area contributed by atoms with Crippen molar-refractivity contribution in [2.75, 3.05) is 32.2 Å². The van der Waals surface area contributed by atoms with Crippen LogP contribution >= 0.6 is 0 Å². The first-order valence-corrected chi connectivity index (χ1v) is 16.8. The molecule has 49 heavy (non-hydrogen) atoms. The number of hydrogen-bond acceptors (Lipinski definition) is 5.